The Bertz CT molecular complexity index is 867. The van der Waals surface area contributed by atoms with Crippen LogP contribution in [0.4, 0.5) is 8.78 Å². The van der Waals surface area contributed by atoms with Gasteiger partial charge in [-0.1, -0.05) is 0 Å². The fourth-order valence-electron chi connectivity index (χ4n) is 4.95. The maximum atomic E-state index is 13.5. The Labute approximate surface area is 171 Å². The van der Waals surface area contributed by atoms with Gasteiger partial charge in [-0.15, -0.1) is 0 Å². The van der Waals surface area contributed by atoms with E-state index < -0.39 is 21.6 Å². The van der Waals surface area contributed by atoms with Crippen LogP contribution in [0.5, 0.6) is 0 Å². The highest BCUT2D eigenvalue weighted by atomic mass is 32.2. The highest BCUT2D eigenvalue weighted by molar-refractivity contribution is 7.89. The van der Waals surface area contributed by atoms with E-state index in [0.717, 1.165) is 51.9 Å². The fourth-order valence-corrected chi connectivity index (χ4v) is 6.78. The lowest BCUT2D eigenvalue weighted by atomic mass is 9.61. The molecule has 162 valence electrons. The topological polar surface area (TPSA) is 62.7 Å². The summed E-state index contributed by atoms with van der Waals surface area (Å²) in [6.07, 6.45) is 4.12. The van der Waals surface area contributed by atoms with Crippen molar-refractivity contribution in [2.24, 2.45) is 5.41 Å². The van der Waals surface area contributed by atoms with Gasteiger partial charge in [-0.25, -0.2) is 8.42 Å². The molecule has 3 fully saturated rings. The number of aromatic nitrogens is 1. The standard InChI is InChI=1S/C20H29F2N3O3S/c1-14-17(4-5-18(23-14)19(2,21)22)29(26,27)25-12-20(13-25)10-16(11-20)24(3)15-6-8-28-9-7-15/h4-5,15-16H,6-13H2,1-3H3. The van der Waals surface area contributed by atoms with Gasteiger partial charge in [0.15, 0.2) is 0 Å². The summed E-state index contributed by atoms with van der Waals surface area (Å²) < 4.78 is 59.7. The summed E-state index contributed by atoms with van der Waals surface area (Å²) in [5, 5.41) is 0. The van der Waals surface area contributed by atoms with E-state index in [1.165, 1.54) is 17.3 Å². The van der Waals surface area contributed by atoms with Crippen LogP contribution in [0.2, 0.25) is 0 Å². The number of hydrogen-bond donors (Lipinski definition) is 0. The van der Waals surface area contributed by atoms with Crippen LogP contribution in [0.3, 0.4) is 0 Å². The van der Waals surface area contributed by atoms with Crippen LogP contribution >= 0.6 is 0 Å². The highest BCUT2D eigenvalue weighted by Gasteiger charge is 2.57. The van der Waals surface area contributed by atoms with Crippen molar-refractivity contribution in [3.8, 4) is 0 Å². The highest BCUT2D eigenvalue weighted by Crippen LogP contribution is 2.52. The number of sulfonamides is 1. The van der Waals surface area contributed by atoms with Gasteiger partial charge in [0.05, 0.1) is 5.69 Å². The van der Waals surface area contributed by atoms with Gasteiger partial charge >= 0.3 is 0 Å². The lowest BCUT2D eigenvalue weighted by Crippen LogP contribution is -2.67. The zero-order chi connectivity index (χ0) is 21.0. The second-order valence-corrected chi connectivity index (χ2v) is 10.9. The van der Waals surface area contributed by atoms with Crippen LogP contribution in [-0.2, 0) is 20.7 Å². The second-order valence-electron chi connectivity index (χ2n) is 9.01. The summed E-state index contributed by atoms with van der Waals surface area (Å²) in [5.74, 6) is -3.09. The molecular formula is C20H29F2N3O3S. The van der Waals surface area contributed by atoms with Gasteiger partial charge in [0.2, 0.25) is 10.0 Å². The molecule has 1 saturated carbocycles. The van der Waals surface area contributed by atoms with Gasteiger partial charge < -0.3 is 9.64 Å². The molecule has 0 radical (unpaired) electrons. The zero-order valence-corrected chi connectivity index (χ0v) is 18.0. The first-order valence-electron chi connectivity index (χ1n) is 10.2. The number of halogens is 2. The molecule has 4 rings (SSSR count). The Balaban J connectivity index is 1.37. The van der Waals surface area contributed by atoms with Crippen molar-refractivity contribution in [3.05, 3.63) is 23.5 Å². The van der Waals surface area contributed by atoms with E-state index in [0.29, 0.717) is 25.2 Å². The maximum Gasteiger partial charge on any atom is 0.286 e. The summed E-state index contributed by atoms with van der Waals surface area (Å²) in [7, 11) is -1.54. The van der Waals surface area contributed by atoms with Gasteiger partial charge in [0, 0.05) is 50.7 Å². The molecule has 0 atom stereocenters. The lowest BCUT2D eigenvalue weighted by Gasteiger charge is -2.60. The predicted molar refractivity (Wildman–Crippen MR) is 104 cm³/mol. The Kier molecular flexibility index (Phi) is 5.25. The largest absolute Gasteiger partial charge is 0.381 e. The molecular weight excluding hydrogens is 400 g/mol. The number of pyridine rings is 1. The SMILES string of the molecule is Cc1nc(C(C)(F)F)ccc1S(=O)(=O)N1CC2(CC(N(C)C3CCOCC3)C2)C1. The minimum atomic E-state index is -3.70. The van der Waals surface area contributed by atoms with Crippen molar-refractivity contribution in [2.75, 3.05) is 33.4 Å². The summed E-state index contributed by atoms with van der Waals surface area (Å²) in [4.78, 5) is 6.31. The molecule has 9 heteroatoms. The normalized spacial score (nSPS) is 23.9. The smallest absolute Gasteiger partial charge is 0.286 e. The quantitative estimate of drug-likeness (QED) is 0.720. The van der Waals surface area contributed by atoms with E-state index in [4.69, 9.17) is 4.74 Å². The van der Waals surface area contributed by atoms with Gasteiger partial charge in [0.25, 0.3) is 5.92 Å². The molecule has 1 spiro atoms. The van der Waals surface area contributed by atoms with Crippen LogP contribution in [-0.4, -0.2) is 68.0 Å². The Hall–Kier alpha value is -1.16. The molecule has 0 aromatic carbocycles. The maximum absolute atomic E-state index is 13.5. The first-order valence-corrected chi connectivity index (χ1v) is 11.6. The molecule has 2 saturated heterocycles. The Morgan fingerprint density at radius 2 is 1.83 bits per heavy atom. The molecule has 0 N–H and O–H groups in total. The second kappa shape index (κ2) is 7.21. The minimum Gasteiger partial charge on any atom is -0.381 e. The summed E-state index contributed by atoms with van der Waals surface area (Å²) >= 11 is 0. The van der Waals surface area contributed by atoms with Crippen LogP contribution in [0, 0.1) is 12.3 Å². The predicted octanol–water partition coefficient (Wildman–Crippen LogP) is 2.77. The third-order valence-electron chi connectivity index (χ3n) is 6.81. The molecule has 3 aliphatic rings. The van der Waals surface area contributed by atoms with Crippen molar-refractivity contribution in [1.82, 2.24) is 14.2 Å². The van der Waals surface area contributed by atoms with Crippen molar-refractivity contribution >= 4 is 10.0 Å². The third kappa shape index (κ3) is 3.82. The molecule has 1 aromatic heterocycles. The number of aryl methyl sites for hydroxylation is 1. The molecule has 3 heterocycles. The van der Waals surface area contributed by atoms with Crippen LogP contribution in [0.1, 0.15) is 44.0 Å². The first kappa shape index (κ1) is 21.1. The van der Waals surface area contributed by atoms with E-state index in [9.17, 15) is 17.2 Å². The molecule has 6 nitrogen and oxygen atoms in total. The fraction of sp³-hybridized carbons (Fsp3) is 0.750. The summed E-state index contributed by atoms with van der Waals surface area (Å²) in [6.45, 7) is 4.85. The van der Waals surface area contributed by atoms with Crippen molar-refractivity contribution in [2.45, 2.75) is 62.4 Å². The molecule has 1 aliphatic carbocycles. The van der Waals surface area contributed by atoms with Crippen LogP contribution in [0.15, 0.2) is 17.0 Å². The number of ether oxygens (including phenoxy) is 1. The van der Waals surface area contributed by atoms with E-state index >= 15 is 0 Å². The molecule has 0 amide bonds. The number of rotatable bonds is 5. The van der Waals surface area contributed by atoms with Gasteiger partial charge in [-0.2, -0.15) is 13.1 Å². The van der Waals surface area contributed by atoms with E-state index in [-0.39, 0.29) is 16.0 Å². The van der Waals surface area contributed by atoms with Crippen LogP contribution < -0.4 is 0 Å². The number of hydrogen-bond acceptors (Lipinski definition) is 5. The van der Waals surface area contributed by atoms with Crippen molar-refractivity contribution in [1.29, 1.82) is 0 Å². The Morgan fingerprint density at radius 3 is 2.38 bits per heavy atom. The number of alkyl halides is 2. The van der Waals surface area contributed by atoms with E-state index in [1.807, 2.05) is 0 Å². The molecule has 1 aromatic rings. The number of nitrogens with zero attached hydrogens (tertiary/aromatic N) is 3. The van der Waals surface area contributed by atoms with Gasteiger partial charge in [-0.3, -0.25) is 4.98 Å². The average molecular weight is 430 g/mol. The molecule has 0 unspecified atom stereocenters. The minimum absolute atomic E-state index is 0.0237. The summed E-state index contributed by atoms with van der Waals surface area (Å²) in [5.41, 5.74) is -0.225. The van der Waals surface area contributed by atoms with Gasteiger partial charge in [0.1, 0.15) is 10.6 Å². The lowest BCUT2D eigenvalue weighted by molar-refractivity contribution is -0.0890. The van der Waals surface area contributed by atoms with Crippen molar-refractivity contribution < 1.29 is 21.9 Å². The monoisotopic (exact) mass is 429 g/mol. The van der Waals surface area contributed by atoms with E-state index in [1.54, 1.807) is 0 Å². The Morgan fingerprint density at radius 1 is 1.21 bits per heavy atom. The third-order valence-corrected chi connectivity index (χ3v) is 8.73. The zero-order valence-electron chi connectivity index (χ0n) is 17.2. The summed E-state index contributed by atoms with van der Waals surface area (Å²) in [6, 6.07) is 3.42. The molecule has 29 heavy (non-hydrogen) atoms. The van der Waals surface area contributed by atoms with Gasteiger partial charge in [-0.05, 0) is 51.8 Å². The average Bonchev–Trinajstić information content (AvgIpc) is 2.58. The van der Waals surface area contributed by atoms with Crippen molar-refractivity contribution in [3.63, 3.8) is 0 Å². The molecule has 2 aliphatic heterocycles. The van der Waals surface area contributed by atoms with Crippen LogP contribution in [0.25, 0.3) is 0 Å². The molecule has 0 bridgehead atoms. The van der Waals surface area contributed by atoms with E-state index in [2.05, 4.69) is 16.9 Å². The first-order chi connectivity index (χ1) is 13.5.